The van der Waals surface area contributed by atoms with Crippen LogP contribution in [0.3, 0.4) is 0 Å². The normalized spacial score (nSPS) is 49.6. The molecular weight excluding hydrogens is 342 g/mol. The van der Waals surface area contributed by atoms with Gasteiger partial charge in [-0.3, -0.25) is 4.21 Å². The maximum atomic E-state index is 14.0. The van der Waals surface area contributed by atoms with E-state index in [9.17, 15) is 21.4 Å². The van der Waals surface area contributed by atoms with Gasteiger partial charge < -0.3 is 0 Å². The Morgan fingerprint density at radius 2 is 1.61 bits per heavy atom. The third kappa shape index (κ3) is 2.28. The first-order chi connectivity index (χ1) is 10.6. The third-order valence-electron chi connectivity index (χ3n) is 7.36. The molecule has 3 nitrogen and oxygen atoms in total. The molecule has 0 aromatic carbocycles. The van der Waals surface area contributed by atoms with Crippen LogP contribution in [-0.4, -0.2) is 35.6 Å². The molecule has 0 heterocycles. The van der Waals surface area contributed by atoms with Crippen molar-refractivity contribution in [3.8, 4) is 0 Å². The van der Waals surface area contributed by atoms with Crippen molar-refractivity contribution in [3.05, 3.63) is 0 Å². The summed E-state index contributed by atoms with van der Waals surface area (Å²) in [5.41, 5.74) is 0. The minimum atomic E-state index is -4.33. The maximum absolute atomic E-state index is 14.0. The first-order valence-electron chi connectivity index (χ1n) is 8.50. The fourth-order valence-corrected chi connectivity index (χ4v) is 8.57. The number of rotatable bonds is 4. The van der Waals surface area contributed by atoms with E-state index in [0.717, 1.165) is 25.7 Å². The number of hydrogen-bond acceptors (Lipinski definition) is 3. The minimum Gasteiger partial charge on any atom is -0.260 e. The molecule has 4 aliphatic carbocycles. The number of alkyl halides is 2. The molecule has 4 aliphatic rings. The molecule has 4 fully saturated rings. The lowest BCUT2D eigenvalue weighted by Crippen LogP contribution is -2.41. The van der Waals surface area contributed by atoms with Crippen molar-refractivity contribution >= 4 is 20.6 Å². The van der Waals surface area contributed by atoms with E-state index in [0.29, 0.717) is 41.1 Å². The van der Waals surface area contributed by atoms with Crippen LogP contribution < -0.4 is 0 Å². The van der Waals surface area contributed by atoms with E-state index in [1.807, 2.05) is 0 Å². The Kier molecular flexibility index (Phi) is 3.57. The van der Waals surface area contributed by atoms with Crippen LogP contribution in [0.1, 0.15) is 32.1 Å². The van der Waals surface area contributed by atoms with Gasteiger partial charge in [-0.25, -0.2) is 8.42 Å². The van der Waals surface area contributed by atoms with Gasteiger partial charge in [-0.15, -0.1) is 0 Å². The maximum Gasteiger partial charge on any atom is 0.345 e. The predicted octanol–water partition coefficient (Wildman–Crippen LogP) is 2.69. The van der Waals surface area contributed by atoms with E-state index >= 15 is 0 Å². The van der Waals surface area contributed by atoms with Gasteiger partial charge in [-0.05, 0) is 67.1 Å². The summed E-state index contributed by atoms with van der Waals surface area (Å²) in [6, 6.07) is 0. The zero-order valence-electron chi connectivity index (χ0n) is 13.5. The van der Waals surface area contributed by atoms with Crippen LogP contribution >= 0.6 is 0 Å². The van der Waals surface area contributed by atoms with Crippen LogP contribution in [-0.2, 0) is 20.6 Å². The molecule has 0 aromatic rings. The minimum absolute atomic E-state index is 0.157. The van der Waals surface area contributed by atoms with Crippen molar-refractivity contribution in [3.63, 3.8) is 0 Å². The molecule has 0 spiro atoms. The van der Waals surface area contributed by atoms with Gasteiger partial charge in [0.05, 0.1) is 0 Å². The zero-order valence-corrected chi connectivity index (χ0v) is 15.1. The predicted molar refractivity (Wildman–Crippen MR) is 85.2 cm³/mol. The molecule has 4 bridgehead atoms. The Balaban J connectivity index is 1.53. The molecule has 9 atom stereocenters. The van der Waals surface area contributed by atoms with Crippen LogP contribution in [0.25, 0.3) is 0 Å². The van der Waals surface area contributed by atoms with Crippen molar-refractivity contribution in [1.82, 2.24) is 0 Å². The second kappa shape index (κ2) is 4.99. The van der Waals surface area contributed by atoms with E-state index in [1.54, 1.807) is 6.26 Å². The van der Waals surface area contributed by atoms with Gasteiger partial charge >= 0.3 is 5.25 Å². The average molecular weight is 366 g/mol. The second-order valence-corrected chi connectivity index (χ2v) is 12.1. The molecule has 0 amide bonds. The highest BCUT2D eigenvalue weighted by molar-refractivity contribution is 7.91. The SMILES string of the molecule is CS(=O)C1CC2CC1C1C3CC(CC(F)(F)S(C)(=O)=O)C(C3)C21. The summed E-state index contributed by atoms with van der Waals surface area (Å²) >= 11 is 0. The van der Waals surface area contributed by atoms with Gasteiger partial charge in [0.15, 0.2) is 0 Å². The number of hydrogen-bond donors (Lipinski definition) is 0. The molecule has 0 radical (unpaired) electrons. The molecule has 0 saturated heterocycles. The van der Waals surface area contributed by atoms with Gasteiger partial charge in [0.1, 0.15) is 0 Å². The van der Waals surface area contributed by atoms with Crippen molar-refractivity contribution in [2.24, 2.45) is 41.4 Å². The average Bonchev–Trinajstić information content (AvgIpc) is 3.13. The molecular formula is C16H24F2O3S2. The molecule has 23 heavy (non-hydrogen) atoms. The summed E-state index contributed by atoms with van der Waals surface area (Å²) in [5, 5.41) is -3.29. The topological polar surface area (TPSA) is 51.2 Å². The van der Waals surface area contributed by atoms with E-state index in [-0.39, 0.29) is 11.8 Å². The van der Waals surface area contributed by atoms with E-state index < -0.39 is 32.3 Å². The summed E-state index contributed by atoms with van der Waals surface area (Å²) in [6.07, 6.45) is 5.75. The van der Waals surface area contributed by atoms with Crippen molar-refractivity contribution in [2.75, 3.05) is 12.5 Å². The molecule has 7 heteroatoms. The lowest BCUT2D eigenvalue weighted by molar-refractivity contribution is 0.0253. The van der Waals surface area contributed by atoms with Gasteiger partial charge in [-0.2, -0.15) is 8.78 Å². The molecule has 132 valence electrons. The summed E-state index contributed by atoms with van der Waals surface area (Å²) in [6.45, 7) is 0. The lowest BCUT2D eigenvalue weighted by atomic mass is 9.67. The van der Waals surface area contributed by atoms with Gasteiger partial charge in [0.2, 0.25) is 9.84 Å². The highest BCUT2D eigenvalue weighted by atomic mass is 32.2. The van der Waals surface area contributed by atoms with Crippen LogP contribution in [0.15, 0.2) is 0 Å². The lowest BCUT2D eigenvalue weighted by Gasteiger charge is -2.41. The smallest absolute Gasteiger partial charge is 0.260 e. The fourth-order valence-electron chi connectivity index (χ4n) is 6.75. The quantitative estimate of drug-likeness (QED) is 0.719. The van der Waals surface area contributed by atoms with Crippen LogP contribution in [0.4, 0.5) is 8.78 Å². The Hall–Kier alpha value is -0.0400. The highest BCUT2D eigenvalue weighted by Crippen LogP contribution is 2.70. The zero-order chi connectivity index (χ0) is 16.7. The summed E-state index contributed by atoms with van der Waals surface area (Å²) in [7, 11) is -5.12. The molecule has 4 saturated carbocycles. The molecule has 9 unspecified atom stereocenters. The van der Waals surface area contributed by atoms with E-state index in [2.05, 4.69) is 0 Å². The summed E-state index contributed by atoms with van der Waals surface area (Å²) in [5.74, 6) is 2.65. The fraction of sp³-hybridized carbons (Fsp3) is 1.00. The van der Waals surface area contributed by atoms with Crippen molar-refractivity contribution in [2.45, 2.75) is 42.6 Å². The largest absolute Gasteiger partial charge is 0.345 e. The Labute approximate surface area is 139 Å². The molecule has 0 aliphatic heterocycles. The molecule has 0 N–H and O–H groups in total. The number of fused-ring (bicyclic) bond motifs is 9. The van der Waals surface area contributed by atoms with Crippen LogP contribution in [0.5, 0.6) is 0 Å². The first kappa shape index (κ1) is 16.4. The highest BCUT2D eigenvalue weighted by Gasteiger charge is 2.66. The summed E-state index contributed by atoms with van der Waals surface area (Å²) in [4.78, 5) is 0. The first-order valence-corrected chi connectivity index (χ1v) is 12.0. The van der Waals surface area contributed by atoms with E-state index in [4.69, 9.17) is 0 Å². The van der Waals surface area contributed by atoms with Crippen molar-refractivity contribution < 1.29 is 21.4 Å². The number of halogens is 2. The number of sulfone groups is 1. The monoisotopic (exact) mass is 366 g/mol. The van der Waals surface area contributed by atoms with Gasteiger partial charge in [0, 0.05) is 35.0 Å². The van der Waals surface area contributed by atoms with Crippen LogP contribution in [0.2, 0.25) is 0 Å². The second-order valence-electron chi connectivity index (χ2n) is 8.36. The standard InChI is InChI=1S/C16H24F2O3S2/c1-22(19)13-6-9-5-12(13)15-8-3-10(11(4-8)14(9)15)7-16(17,18)23(2,20)21/h8-15H,3-7H2,1-2H3. The van der Waals surface area contributed by atoms with Crippen molar-refractivity contribution in [1.29, 1.82) is 0 Å². The van der Waals surface area contributed by atoms with Crippen LogP contribution in [0, 0.1) is 41.4 Å². The Morgan fingerprint density at radius 3 is 2.22 bits per heavy atom. The molecule has 4 rings (SSSR count). The Morgan fingerprint density at radius 1 is 1.04 bits per heavy atom. The van der Waals surface area contributed by atoms with Gasteiger partial charge in [-0.1, -0.05) is 0 Å². The third-order valence-corrected chi connectivity index (χ3v) is 10.0. The Bertz CT molecular complexity index is 648. The van der Waals surface area contributed by atoms with Gasteiger partial charge in [0.25, 0.3) is 0 Å². The summed E-state index contributed by atoms with van der Waals surface area (Å²) < 4.78 is 62.6. The van der Waals surface area contributed by atoms with E-state index in [1.165, 1.54) is 0 Å². The molecule has 0 aromatic heterocycles.